The predicted molar refractivity (Wildman–Crippen MR) is 104 cm³/mol. The summed E-state index contributed by atoms with van der Waals surface area (Å²) in [6.45, 7) is 4.09. The van der Waals surface area contributed by atoms with Gasteiger partial charge >= 0.3 is 0 Å². The van der Waals surface area contributed by atoms with Crippen molar-refractivity contribution < 1.29 is 9.53 Å². The zero-order valence-electron chi connectivity index (χ0n) is 15.0. The lowest BCUT2D eigenvalue weighted by atomic mass is 10.1. The summed E-state index contributed by atoms with van der Waals surface area (Å²) in [4.78, 5) is 16.6. The molecule has 5 nitrogen and oxygen atoms in total. The second-order valence-electron chi connectivity index (χ2n) is 6.06. The maximum Gasteiger partial charge on any atom is 0.274 e. The zero-order valence-corrected chi connectivity index (χ0v) is 15.0. The van der Waals surface area contributed by atoms with Gasteiger partial charge in [-0.3, -0.25) is 9.78 Å². The van der Waals surface area contributed by atoms with E-state index in [0.29, 0.717) is 11.4 Å². The number of methoxy groups -OCH3 is 1. The minimum absolute atomic E-state index is 0.264. The Morgan fingerprint density at radius 3 is 2.46 bits per heavy atom. The smallest absolute Gasteiger partial charge is 0.274 e. The van der Waals surface area contributed by atoms with Crippen LogP contribution in [0.1, 0.15) is 21.6 Å². The number of benzene rings is 2. The first-order valence-corrected chi connectivity index (χ1v) is 8.31. The highest BCUT2D eigenvalue weighted by molar-refractivity contribution is 6.03. The molecule has 0 bridgehead atoms. The third-order valence-corrected chi connectivity index (χ3v) is 4.01. The van der Waals surface area contributed by atoms with Crippen molar-refractivity contribution in [1.82, 2.24) is 4.98 Å². The second kappa shape index (κ2) is 7.70. The first-order chi connectivity index (χ1) is 12.5. The van der Waals surface area contributed by atoms with E-state index >= 15 is 0 Å². The molecule has 0 aliphatic heterocycles. The average Bonchev–Trinajstić information content (AvgIpc) is 2.65. The Morgan fingerprint density at radius 1 is 0.962 bits per heavy atom. The van der Waals surface area contributed by atoms with Crippen LogP contribution in [-0.2, 0) is 0 Å². The molecule has 0 radical (unpaired) electrons. The highest BCUT2D eigenvalue weighted by atomic mass is 16.5. The predicted octanol–water partition coefficient (Wildman–Crippen LogP) is 4.70. The third-order valence-electron chi connectivity index (χ3n) is 4.01. The number of ether oxygens (including phenoxy) is 1. The van der Waals surface area contributed by atoms with Crippen LogP contribution in [0.4, 0.5) is 17.1 Å². The zero-order chi connectivity index (χ0) is 18.5. The van der Waals surface area contributed by atoms with Crippen LogP contribution >= 0.6 is 0 Å². The van der Waals surface area contributed by atoms with Crippen LogP contribution in [-0.4, -0.2) is 18.0 Å². The minimum Gasteiger partial charge on any atom is -0.497 e. The molecular weight excluding hydrogens is 326 g/mol. The number of nitrogens with one attached hydrogen (secondary N) is 2. The summed E-state index contributed by atoms with van der Waals surface area (Å²) in [6, 6.07) is 16.9. The lowest BCUT2D eigenvalue weighted by Crippen LogP contribution is -2.13. The van der Waals surface area contributed by atoms with Crippen molar-refractivity contribution >= 4 is 23.0 Å². The Balaban J connectivity index is 1.75. The first-order valence-electron chi connectivity index (χ1n) is 8.31. The Labute approximate surface area is 153 Å². The largest absolute Gasteiger partial charge is 0.497 e. The van der Waals surface area contributed by atoms with Gasteiger partial charge in [0.15, 0.2) is 0 Å². The molecule has 0 fully saturated rings. The van der Waals surface area contributed by atoms with Crippen molar-refractivity contribution in [2.75, 3.05) is 17.7 Å². The topological polar surface area (TPSA) is 63.2 Å². The number of pyridine rings is 1. The fourth-order valence-electron chi connectivity index (χ4n) is 2.53. The molecule has 1 amide bonds. The van der Waals surface area contributed by atoms with Gasteiger partial charge in [0.05, 0.1) is 7.11 Å². The molecule has 1 aromatic heterocycles. The fourth-order valence-corrected chi connectivity index (χ4v) is 2.53. The summed E-state index contributed by atoms with van der Waals surface area (Å²) in [5, 5.41) is 6.19. The maximum atomic E-state index is 12.5. The molecule has 0 spiro atoms. The number of aromatic nitrogens is 1. The van der Waals surface area contributed by atoms with Crippen LogP contribution in [0, 0.1) is 13.8 Å². The van der Waals surface area contributed by atoms with Gasteiger partial charge in [0, 0.05) is 23.3 Å². The van der Waals surface area contributed by atoms with E-state index in [2.05, 4.69) is 33.8 Å². The summed E-state index contributed by atoms with van der Waals surface area (Å²) >= 11 is 0. The maximum absolute atomic E-state index is 12.5. The molecule has 26 heavy (non-hydrogen) atoms. The number of nitrogens with zero attached hydrogens (tertiary/aromatic N) is 1. The molecule has 3 rings (SSSR count). The van der Waals surface area contributed by atoms with Crippen molar-refractivity contribution in [1.29, 1.82) is 0 Å². The molecule has 0 saturated carbocycles. The van der Waals surface area contributed by atoms with Gasteiger partial charge < -0.3 is 15.4 Å². The molecule has 0 aliphatic rings. The lowest BCUT2D eigenvalue weighted by molar-refractivity contribution is 0.102. The first kappa shape index (κ1) is 17.5. The molecular formula is C21H21N3O2. The molecule has 3 aromatic rings. The van der Waals surface area contributed by atoms with Crippen LogP contribution in [0.2, 0.25) is 0 Å². The highest BCUT2D eigenvalue weighted by Gasteiger charge is 2.09. The second-order valence-corrected chi connectivity index (χ2v) is 6.06. The number of hydrogen-bond acceptors (Lipinski definition) is 4. The number of rotatable bonds is 5. The number of amides is 1. The molecule has 5 heteroatoms. The van der Waals surface area contributed by atoms with Crippen LogP contribution < -0.4 is 15.4 Å². The van der Waals surface area contributed by atoms with Gasteiger partial charge in [0.25, 0.3) is 5.91 Å². The van der Waals surface area contributed by atoms with E-state index in [9.17, 15) is 4.79 Å². The highest BCUT2D eigenvalue weighted by Crippen LogP contribution is 2.22. The molecule has 0 saturated heterocycles. The van der Waals surface area contributed by atoms with Crippen molar-refractivity contribution in [3.63, 3.8) is 0 Å². The molecule has 0 unspecified atom stereocenters. The molecule has 2 N–H and O–H groups in total. The van der Waals surface area contributed by atoms with E-state index in [1.165, 1.54) is 5.56 Å². The number of hydrogen-bond donors (Lipinski definition) is 2. The number of anilines is 3. The lowest BCUT2D eigenvalue weighted by Gasteiger charge is -2.11. The summed E-state index contributed by atoms with van der Waals surface area (Å²) < 4.78 is 5.12. The normalized spacial score (nSPS) is 10.3. The molecule has 1 heterocycles. The van der Waals surface area contributed by atoms with Gasteiger partial charge in [0.1, 0.15) is 11.4 Å². The van der Waals surface area contributed by atoms with Crippen LogP contribution in [0.5, 0.6) is 5.75 Å². The van der Waals surface area contributed by atoms with Gasteiger partial charge in [-0.2, -0.15) is 0 Å². The standard InChI is InChI=1S/C21H21N3O2/c1-14-4-5-15(2)19(12-14)23-17-10-11-22-20(13-17)21(25)24-16-6-8-18(26-3)9-7-16/h4-13H,1-3H3,(H,22,23)(H,24,25). The average molecular weight is 347 g/mol. The van der Waals surface area contributed by atoms with Crippen LogP contribution in [0.15, 0.2) is 60.8 Å². The van der Waals surface area contributed by atoms with Crippen LogP contribution in [0.3, 0.4) is 0 Å². The van der Waals surface area contributed by atoms with Gasteiger partial charge in [-0.1, -0.05) is 12.1 Å². The Kier molecular flexibility index (Phi) is 5.17. The van der Waals surface area contributed by atoms with Gasteiger partial charge in [-0.05, 0) is 67.4 Å². The fraction of sp³-hybridized carbons (Fsp3) is 0.143. The van der Waals surface area contributed by atoms with Crippen LogP contribution in [0.25, 0.3) is 0 Å². The molecule has 0 aliphatic carbocycles. The van der Waals surface area contributed by atoms with Gasteiger partial charge in [-0.25, -0.2) is 0 Å². The molecule has 0 atom stereocenters. The summed E-state index contributed by atoms with van der Waals surface area (Å²) in [7, 11) is 1.60. The van der Waals surface area contributed by atoms with Crippen molar-refractivity contribution in [3.05, 3.63) is 77.6 Å². The number of carbonyl (C=O) groups is 1. The number of aryl methyl sites for hydroxylation is 2. The van der Waals surface area contributed by atoms with E-state index in [1.54, 1.807) is 43.6 Å². The Morgan fingerprint density at radius 2 is 1.73 bits per heavy atom. The Bertz CT molecular complexity index is 921. The van der Waals surface area contributed by atoms with Crippen molar-refractivity contribution in [3.8, 4) is 5.75 Å². The SMILES string of the molecule is COc1ccc(NC(=O)c2cc(Nc3cc(C)ccc3C)ccn2)cc1. The monoisotopic (exact) mass is 347 g/mol. The minimum atomic E-state index is -0.264. The Hall–Kier alpha value is -3.34. The van der Waals surface area contributed by atoms with Gasteiger partial charge in [0.2, 0.25) is 0 Å². The third kappa shape index (κ3) is 4.19. The van der Waals surface area contributed by atoms with E-state index in [0.717, 1.165) is 22.7 Å². The van der Waals surface area contributed by atoms with E-state index in [1.807, 2.05) is 19.9 Å². The summed E-state index contributed by atoms with van der Waals surface area (Å²) in [5.41, 5.74) is 5.16. The molecule has 2 aromatic carbocycles. The summed E-state index contributed by atoms with van der Waals surface area (Å²) in [6.07, 6.45) is 1.62. The van der Waals surface area contributed by atoms with E-state index in [-0.39, 0.29) is 5.91 Å². The van der Waals surface area contributed by atoms with E-state index in [4.69, 9.17) is 4.74 Å². The van der Waals surface area contributed by atoms with Crippen molar-refractivity contribution in [2.45, 2.75) is 13.8 Å². The number of carbonyl (C=O) groups excluding carboxylic acids is 1. The van der Waals surface area contributed by atoms with E-state index < -0.39 is 0 Å². The van der Waals surface area contributed by atoms with Gasteiger partial charge in [-0.15, -0.1) is 0 Å². The molecule has 132 valence electrons. The summed E-state index contributed by atoms with van der Waals surface area (Å²) in [5.74, 6) is 0.473. The van der Waals surface area contributed by atoms with Crippen molar-refractivity contribution in [2.24, 2.45) is 0 Å². The quantitative estimate of drug-likeness (QED) is 0.702.